The van der Waals surface area contributed by atoms with Crippen molar-refractivity contribution >= 4 is 33.4 Å². The quantitative estimate of drug-likeness (QED) is 0.862. The zero-order chi connectivity index (χ0) is 13.0. The molecule has 2 rings (SSSR count). The normalized spacial score (nSPS) is 10.4. The summed E-state index contributed by atoms with van der Waals surface area (Å²) in [6.45, 7) is 0.345. The van der Waals surface area contributed by atoms with Crippen LogP contribution in [0.2, 0.25) is 0 Å². The van der Waals surface area contributed by atoms with Crippen molar-refractivity contribution in [2.75, 3.05) is 0 Å². The van der Waals surface area contributed by atoms with Gasteiger partial charge in [0.2, 0.25) is 5.91 Å². The number of thiazole rings is 1. The van der Waals surface area contributed by atoms with Gasteiger partial charge in [-0.3, -0.25) is 9.59 Å². The van der Waals surface area contributed by atoms with E-state index in [1.807, 2.05) is 24.3 Å². The van der Waals surface area contributed by atoms with Gasteiger partial charge in [-0.2, -0.15) is 0 Å². The van der Waals surface area contributed by atoms with E-state index in [1.54, 1.807) is 0 Å². The third-order valence-corrected chi connectivity index (χ3v) is 3.38. The Morgan fingerprint density at radius 2 is 2.06 bits per heavy atom. The number of aliphatic carboxylic acids is 1. The summed E-state index contributed by atoms with van der Waals surface area (Å²) in [7, 11) is 0. The van der Waals surface area contributed by atoms with Crippen LogP contribution in [0.5, 0.6) is 0 Å². The molecular formula is C12H12N2O3S. The molecule has 0 aliphatic heterocycles. The standard InChI is InChI=1S/C12H12N2O3S/c15-10(5-6-12(16)17)13-7-11-14-8-3-1-2-4-9(8)18-11/h1-4H,5-7H2,(H,13,15)(H,16,17). The smallest absolute Gasteiger partial charge is 0.303 e. The number of fused-ring (bicyclic) bond motifs is 1. The minimum absolute atomic E-state index is 0.000227. The number of benzene rings is 1. The van der Waals surface area contributed by atoms with Crippen LogP contribution in [0.1, 0.15) is 17.8 Å². The summed E-state index contributed by atoms with van der Waals surface area (Å²) in [5.41, 5.74) is 0.914. The van der Waals surface area contributed by atoms with Crippen molar-refractivity contribution in [1.29, 1.82) is 0 Å². The molecule has 0 spiro atoms. The van der Waals surface area contributed by atoms with E-state index in [1.165, 1.54) is 11.3 Å². The molecule has 0 aliphatic rings. The topological polar surface area (TPSA) is 79.3 Å². The zero-order valence-corrected chi connectivity index (χ0v) is 10.4. The predicted molar refractivity (Wildman–Crippen MR) is 68.3 cm³/mol. The lowest BCUT2D eigenvalue weighted by molar-refractivity contribution is -0.138. The maximum absolute atomic E-state index is 11.3. The second kappa shape index (κ2) is 5.59. The highest BCUT2D eigenvalue weighted by Crippen LogP contribution is 2.21. The average Bonchev–Trinajstić information content (AvgIpc) is 2.76. The molecule has 0 saturated heterocycles. The maximum atomic E-state index is 11.3. The fourth-order valence-electron chi connectivity index (χ4n) is 1.48. The molecule has 1 aromatic carbocycles. The third kappa shape index (κ3) is 3.27. The lowest BCUT2D eigenvalue weighted by atomic mass is 10.3. The molecule has 94 valence electrons. The van der Waals surface area contributed by atoms with Crippen molar-refractivity contribution in [1.82, 2.24) is 10.3 Å². The van der Waals surface area contributed by atoms with Crippen LogP contribution in [0.3, 0.4) is 0 Å². The van der Waals surface area contributed by atoms with Gasteiger partial charge in [0.15, 0.2) is 0 Å². The van der Waals surface area contributed by atoms with E-state index in [2.05, 4.69) is 10.3 Å². The number of para-hydroxylation sites is 1. The monoisotopic (exact) mass is 264 g/mol. The number of hydrogen-bond acceptors (Lipinski definition) is 4. The van der Waals surface area contributed by atoms with Crippen LogP contribution in [-0.2, 0) is 16.1 Å². The third-order valence-electron chi connectivity index (χ3n) is 2.34. The largest absolute Gasteiger partial charge is 0.481 e. The summed E-state index contributed by atoms with van der Waals surface area (Å²) in [5.74, 6) is -1.23. The number of nitrogens with zero attached hydrogens (tertiary/aromatic N) is 1. The summed E-state index contributed by atoms with van der Waals surface area (Å²) in [6, 6.07) is 7.75. The summed E-state index contributed by atoms with van der Waals surface area (Å²) < 4.78 is 1.08. The lowest BCUT2D eigenvalue weighted by Gasteiger charge is -2.00. The highest BCUT2D eigenvalue weighted by Gasteiger charge is 2.07. The van der Waals surface area contributed by atoms with E-state index in [0.717, 1.165) is 15.2 Å². The molecule has 0 bridgehead atoms. The molecule has 0 unspecified atom stereocenters. The van der Waals surface area contributed by atoms with Crippen LogP contribution in [0, 0.1) is 0 Å². The summed E-state index contributed by atoms with van der Waals surface area (Å²) in [4.78, 5) is 26.0. The molecule has 2 N–H and O–H groups in total. The molecule has 1 amide bonds. The molecule has 5 nitrogen and oxygen atoms in total. The van der Waals surface area contributed by atoms with E-state index >= 15 is 0 Å². The molecule has 0 radical (unpaired) electrons. The number of aromatic nitrogens is 1. The SMILES string of the molecule is O=C(O)CCC(=O)NCc1nc2ccccc2s1. The first-order valence-electron chi connectivity index (χ1n) is 5.48. The second-order valence-corrected chi connectivity index (χ2v) is 4.86. The van der Waals surface area contributed by atoms with Crippen LogP contribution >= 0.6 is 11.3 Å². The van der Waals surface area contributed by atoms with Crippen LogP contribution in [0.4, 0.5) is 0 Å². The van der Waals surface area contributed by atoms with E-state index < -0.39 is 5.97 Å². The van der Waals surface area contributed by atoms with Gasteiger partial charge in [-0.25, -0.2) is 4.98 Å². The van der Waals surface area contributed by atoms with Crippen molar-refractivity contribution in [3.05, 3.63) is 29.3 Å². The minimum atomic E-state index is -0.967. The zero-order valence-electron chi connectivity index (χ0n) is 9.55. The minimum Gasteiger partial charge on any atom is -0.481 e. The van der Waals surface area contributed by atoms with Crippen LogP contribution in [0.15, 0.2) is 24.3 Å². The molecule has 1 heterocycles. The van der Waals surface area contributed by atoms with Crippen molar-refractivity contribution < 1.29 is 14.7 Å². The fraction of sp³-hybridized carbons (Fsp3) is 0.250. The van der Waals surface area contributed by atoms with Crippen LogP contribution in [-0.4, -0.2) is 22.0 Å². The van der Waals surface area contributed by atoms with Gasteiger partial charge in [0, 0.05) is 6.42 Å². The first kappa shape index (κ1) is 12.5. The Labute approximate surface area is 107 Å². The van der Waals surface area contributed by atoms with Crippen LogP contribution < -0.4 is 5.32 Å². The summed E-state index contributed by atoms with van der Waals surface area (Å²) >= 11 is 1.52. The Kier molecular flexibility index (Phi) is 3.88. The molecule has 0 fully saturated rings. The second-order valence-electron chi connectivity index (χ2n) is 3.75. The number of nitrogens with one attached hydrogen (secondary N) is 1. The van der Waals surface area contributed by atoms with Crippen molar-refractivity contribution in [2.24, 2.45) is 0 Å². The molecule has 2 aromatic rings. The molecule has 1 aromatic heterocycles. The van der Waals surface area contributed by atoms with Gasteiger partial charge in [0.25, 0.3) is 0 Å². The van der Waals surface area contributed by atoms with Gasteiger partial charge in [0.05, 0.1) is 23.2 Å². The van der Waals surface area contributed by atoms with Gasteiger partial charge in [0.1, 0.15) is 5.01 Å². The first-order valence-corrected chi connectivity index (χ1v) is 6.30. The van der Waals surface area contributed by atoms with E-state index in [0.29, 0.717) is 6.54 Å². The van der Waals surface area contributed by atoms with Gasteiger partial charge in [-0.1, -0.05) is 12.1 Å². The van der Waals surface area contributed by atoms with Gasteiger partial charge >= 0.3 is 5.97 Å². The Bertz CT molecular complexity index is 546. The van der Waals surface area contributed by atoms with Gasteiger partial charge in [-0.05, 0) is 12.1 Å². The Morgan fingerprint density at radius 3 is 2.78 bits per heavy atom. The van der Waals surface area contributed by atoms with Crippen LogP contribution in [0.25, 0.3) is 10.2 Å². The summed E-state index contributed by atoms with van der Waals surface area (Å²) in [6.07, 6.45) is -0.147. The van der Waals surface area contributed by atoms with Gasteiger partial charge < -0.3 is 10.4 Å². The predicted octanol–water partition coefficient (Wildman–Crippen LogP) is 1.78. The van der Waals surface area contributed by atoms with E-state index in [9.17, 15) is 9.59 Å². The maximum Gasteiger partial charge on any atom is 0.303 e. The summed E-state index contributed by atoms with van der Waals surface area (Å²) in [5, 5.41) is 11.9. The van der Waals surface area contributed by atoms with Crippen molar-refractivity contribution in [3.63, 3.8) is 0 Å². The molecule has 18 heavy (non-hydrogen) atoms. The lowest BCUT2D eigenvalue weighted by Crippen LogP contribution is -2.23. The number of carbonyl (C=O) groups is 2. The van der Waals surface area contributed by atoms with Crippen molar-refractivity contribution in [2.45, 2.75) is 19.4 Å². The molecule has 0 saturated carbocycles. The number of carboxylic acids is 1. The highest BCUT2D eigenvalue weighted by atomic mass is 32.1. The number of hydrogen-bond donors (Lipinski definition) is 2. The number of carbonyl (C=O) groups excluding carboxylic acids is 1. The first-order chi connectivity index (χ1) is 8.65. The average molecular weight is 264 g/mol. The Hall–Kier alpha value is -1.95. The Morgan fingerprint density at radius 1 is 1.28 bits per heavy atom. The van der Waals surface area contributed by atoms with E-state index in [-0.39, 0.29) is 18.7 Å². The Balaban J connectivity index is 1.90. The highest BCUT2D eigenvalue weighted by molar-refractivity contribution is 7.18. The number of amides is 1. The number of rotatable bonds is 5. The molecule has 0 aliphatic carbocycles. The molecule has 0 atom stereocenters. The molecule has 6 heteroatoms. The fourth-order valence-corrected chi connectivity index (χ4v) is 2.39. The molecular weight excluding hydrogens is 252 g/mol. The van der Waals surface area contributed by atoms with E-state index in [4.69, 9.17) is 5.11 Å². The van der Waals surface area contributed by atoms with Gasteiger partial charge in [-0.15, -0.1) is 11.3 Å². The number of carboxylic acid groups (broad SMARTS) is 1. The van der Waals surface area contributed by atoms with Crippen molar-refractivity contribution in [3.8, 4) is 0 Å².